The topological polar surface area (TPSA) is 58.4 Å². The lowest BCUT2D eigenvalue weighted by Crippen LogP contribution is -2.40. The van der Waals surface area contributed by atoms with Crippen LogP contribution in [0.1, 0.15) is 63.1 Å². The van der Waals surface area contributed by atoms with Crippen molar-refractivity contribution >= 4 is 5.91 Å². The van der Waals surface area contributed by atoms with E-state index in [0.717, 1.165) is 58.3 Å². The molecule has 33 heavy (non-hydrogen) atoms. The summed E-state index contributed by atoms with van der Waals surface area (Å²) >= 11 is 0. The van der Waals surface area contributed by atoms with E-state index in [1.807, 2.05) is 57.1 Å². The molecule has 3 aromatic rings. The van der Waals surface area contributed by atoms with E-state index >= 15 is 4.39 Å². The number of aliphatic hydroxyl groups is 1. The van der Waals surface area contributed by atoms with Gasteiger partial charge in [-0.15, -0.1) is 0 Å². The zero-order valence-electron chi connectivity index (χ0n) is 19.7. The van der Waals surface area contributed by atoms with Crippen LogP contribution in [0.3, 0.4) is 0 Å². The number of rotatable bonds is 4. The molecule has 1 aliphatic carbocycles. The number of aliphatic hydroxyl groups excluding tert-OH is 1. The predicted octanol–water partition coefficient (Wildman–Crippen LogP) is 4.61. The Morgan fingerprint density at radius 3 is 2.52 bits per heavy atom. The lowest BCUT2D eigenvalue weighted by molar-refractivity contribution is 0.0479. The number of fused-ring (bicyclic) bond motifs is 1. The third kappa shape index (κ3) is 3.66. The maximum absolute atomic E-state index is 15.1. The maximum Gasteiger partial charge on any atom is 0.254 e. The summed E-state index contributed by atoms with van der Waals surface area (Å²) in [7, 11) is 1.86. The summed E-state index contributed by atoms with van der Waals surface area (Å²) in [6.45, 7) is 6.57. The van der Waals surface area contributed by atoms with Crippen molar-refractivity contribution in [3.63, 3.8) is 0 Å². The molecule has 0 bridgehead atoms. The Bertz CT molecular complexity index is 1260. The number of nitrogens with zero attached hydrogens (tertiary/aromatic N) is 3. The fourth-order valence-electron chi connectivity index (χ4n) is 5.51. The van der Waals surface area contributed by atoms with Gasteiger partial charge in [-0.2, -0.15) is 5.10 Å². The Hall–Kier alpha value is -2.99. The Morgan fingerprint density at radius 1 is 1.09 bits per heavy atom. The molecule has 1 fully saturated rings. The second-order valence-corrected chi connectivity index (χ2v) is 9.60. The second kappa shape index (κ2) is 8.10. The SMILES string of the molecule is Cc1nn(C)cc1-c1ccc(Cc2cc3c(c(C)c2C)CN([C@@H]2CCC[C@H]2O)C3=O)c(F)c1. The smallest absolute Gasteiger partial charge is 0.254 e. The molecule has 2 atom stereocenters. The molecule has 1 amide bonds. The summed E-state index contributed by atoms with van der Waals surface area (Å²) in [6.07, 6.45) is 4.43. The van der Waals surface area contributed by atoms with Crippen molar-refractivity contribution in [2.24, 2.45) is 7.05 Å². The molecule has 0 saturated heterocycles. The van der Waals surface area contributed by atoms with Crippen LogP contribution < -0.4 is 0 Å². The van der Waals surface area contributed by atoms with Crippen molar-refractivity contribution in [3.8, 4) is 11.1 Å². The van der Waals surface area contributed by atoms with Gasteiger partial charge in [-0.1, -0.05) is 12.1 Å². The van der Waals surface area contributed by atoms with Crippen LogP contribution in [0, 0.1) is 26.6 Å². The van der Waals surface area contributed by atoms with Crippen LogP contribution in [-0.4, -0.2) is 37.8 Å². The van der Waals surface area contributed by atoms with Gasteiger partial charge in [0.2, 0.25) is 0 Å². The normalized spacial score (nSPS) is 20.1. The maximum atomic E-state index is 15.1. The standard InChI is InChI=1S/C27H30FN3O2/c1-15-16(2)22-14-31(25-6-5-7-26(25)32)27(33)21(22)11-20(15)10-19-9-8-18(12-24(19)28)23-13-30(4)29-17(23)3/h8-9,11-13,25-26,32H,5-7,10,14H2,1-4H3/t25-,26-/m1/s1. The van der Waals surface area contributed by atoms with Crippen LogP contribution in [0.2, 0.25) is 0 Å². The Morgan fingerprint density at radius 2 is 1.88 bits per heavy atom. The van der Waals surface area contributed by atoms with Gasteiger partial charge in [0.15, 0.2) is 0 Å². The molecule has 2 heterocycles. The van der Waals surface area contributed by atoms with Gasteiger partial charge in [-0.05, 0) is 85.5 Å². The molecule has 5 nitrogen and oxygen atoms in total. The first-order valence-corrected chi connectivity index (χ1v) is 11.6. The van der Waals surface area contributed by atoms with E-state index in [0.29, 0.717) is 24.1 Å². The molecule has 2 aromatic carbocycles. The van der Waals surface area contributed by atoms with Crippen molar-refractivity contribution in [1.82, 2.24) is 14.7 Å². The average Bonchev–Trinajstić information content (AvgIpc) is 3.44. The summed E-state index contributed by atoms with van der Waals surface area (Å²) < 4.78 is 16.9. The van der Waals surface area contributed by atoms with Gasteiger partial charge in [0.1, 0.15) is 5.82 Å². The van der Waals surface area contributed by atoms with Gasteiger partial charge in [0.25, 0.3) is 5.91 Å². The summed E-state index contributed by atoms with van der Waals surface area (Å²) in [5, 5.41) is 14.7. The van der Waals surface area contributed by atoms with Crippen LogP contribution in [0.15, 0.2) is 30.5 Å². The predicted molar refractivity (Wildman–Crippen MR) is 126 cm³/mol. The third-order valence-corrected chi connectivity index (χ3v) is 7.56. The van der Waals surface area contributed by atoms with Gasteiger partial charge in [-0.25, -0.2) is 4.39 Å². The van der Waals surface area contributed by atoms with E-state index in [4.69, 9.17) is 0 Å². The zero-order valence-corrected chi connectivity index (χ0v) is 19.7. The van der Waals surface area contributed by atoms with Crippen molar-refractivity contribution in [3.05, 3.63) is 75.4 Å². The highest BCUT2D eigenvalue weighted by Gasteiger charge is 2.39. The molecule has 5 rings (SSSR count). The van der Waals surface area contributed by atoms with Crippen molar-refractivity contribution in [1.29, 1.82) is 0 Å². The number of benzene rings is 2. The van der Waals surface area contributed by atoms with Crippen molar-refractivity contribution < 1.29 is 14.3 Å². The summed E-state index contributed by atoms with van der Waals surface area (Å²) in [4.78, 5) is 15.1. The molecule has 6 heteroatoms. The minimum atomic E-state index is -0.444. The number of halogens is 1. The summed E-state index contributed by atoms with van der Waals surface area (Å²) in [5.41, 5.74) is 8.12. The zero-order chi connectivity index (χ0) is 23.4. The first kappa shape index (κ1) is 21.8. The number of hydrogen-bond acceptors (Lipinski definition) is 3. The van der Waals surface area contributed by atoms with Gasteiger partial charge in [0.05, 0.1) is 17.8 Å². The molecule has 1 aromatic heterocycles. The highest BCUT2D eigenvalue weighted by atomic mass is 19.1. The first-order valence-electron chi connectivity index (χ1n) is 11.6. The molecule has 2 aliphatic rings. The monoisotopic (exact) mass is 447 g/mol. The number of carbonyl (C=O) groups is 1. The van der Waals surface area contributed by atoms with Crippen LogP contribution in [-0.2, 0) is 20.0 Å². The van der Waals surface area contributed by atoms with E-state index in [-0.39, 0.29) is 17.8 Å². The summed E-state index contributed by atoms with van der Waals surface area (Å²) in [6, 6.07) is 7.19. The van der Waals surface area contributed by atoms with Gasteiger partial charge >= 0.3 is 0 Å². The summed E-state index contributed by atoms with van der Waals surface area (Å²) in [5.74, 6) is -0.265. The van der Waals surface area contributed by atoms with Gasteiger partial charge in [0, 0.05) is 37.3 Å². The highest BCUT2D eigenvalue weighted by Crippen LogP contribution is 2.36. The highest BCUT2D eigenvalue weighted by molar-refractivity contribution is 5.99. The lowest BCUT2D eigenvalue weighted by Gasteiger charge is -2.26. The minimum absolute atomic E-state index is 0.0110. The molecule has 172 valence electrons. The van der Waals surface area contributed by atoms with Crippen molar-refractivity contribution in [2.75, 3.05) is 0 Å². The molecule has 1 N–H and O–H groups in total. The fourth-order valence-corrected chi connectivity index (χ4v) is 5.51. The molecule has 1 saturated carbocycles. The van der Waals surface area contributed by atoms with Gasteiger partial charge in [-0.3, -0.25) is 9.48 Å². The van der Waals surface area contributed by atoms with Crippen LogP contribution in [0.25, 0.3) is 11.1 Å². The van der Waals surface area contributed by atoms with E-state index in [2.05, 4.69) is 5.10 Å². The molecule has 1 aliphatic heterocycles. The molecular weight excluding hydrogens is 417 g/mol. The quantitative estimate of drug-likeness (QED) is 0.635. The molecule has 0 radical (unpaired) electrons. The van der Waals surface area contributed by atoms with Gasteiger partial charge < -0.3 is 10.0 Å². The van der Waals surface area contributed by atoms with Crippen LogP contribution >= 0.6 is 0 Å². The van der Waals surface area contributed by atoms with Crippen LogP contribution in [0.5, 0.6) is 0 Å². The van der Waals surface area contributed by atoms with E-state index < -0.39 is 6.10 Å². The van der Waals surface area contributed by atoms with E-state index in [1.54, 1.807) is 10.7 Å². The molecular formula is C27H30FN3O2. The number of aromatic nitrogens is 2. The largest absolute Gasteiger partial charge is 0.391 e. The van der Waals surface area contributed by atoms with Crippen LogP contribution in [0.4, 0.5) is 4.39 Å². The molecule has 0 unspecified atom stereocenters. The Kier molecular flexibility index (Phi) is 5.36. The molecule has 0 spiro atoms. The van der Waals surface area contributed by atoms with Crippen molar-refractivity contribution in [2.45, 2.75) is 65.1 Å². The minimum Gasteiger partial charge on any atom is -0.391 e. The first-order chi connectivity index (χ1) is 15.7. The second-order valence-electron chi connectivity index (χ2n) is 9.60. The average molecular weight is 448 g/mol. The van der Waals surface area contributed by atoms with E-state index in [1.165, 1.54) is 0 Å². The third-order valence-electron chi connectivity index (χ3n) is 7.56. The number of aryl methyl sites for hydroxylation is 2. The Balaban J connectivity index is 1.45. The lowest BCUT2D eigenvalue weighted by atomic mass is 9.90. The number of amides is 1. The van der Waals surface area contributed by atoms with E-state index in [9.17, 15) is 9.90 Å². The Labute approximate surface area is 193 Å². The number of carbonyl (C=O) groups excluding carboxylic acids is 1. The number of hydrogen-bond donors (Lipinski definition) is 1. The fraction of sp³-hybridized carbons (Fsp3) is 0.407.